The van der Waals surface area contributed by atoms with Crippen LogP contribution in [-0.4, -0.2) is 22.7 Å². The highest BCUT2D eigenvalue weighted by Gasteiger charge is 2.11. The van der Waals surface area contributed by atoms with Crippen LogP contribution in [-0.2, 0) is 0 Å². The smallest absolute Gasteiger partial charge is 0.287 e. The Bertz CT molecular complexity index is 901. The summed E-state index contributed by atoms with van der Waals surface area (Å²) in [7, 11) is 0. The number of ether oxygens (including phenoxy) is 1. The van der Waals surface area contributed by atoms with E-state index in [1.54, 1.807) is 6.07 Å². The lowest BCUT2D eigenvalue weighted by molar-refractivity contribution is 0.0937. The summed E-state index contributed by atoms with van der Waals surface area (Å²) in [5.74, 6) is 0.492. The van der Waals surface area contributed by atoms with Crippen molar-refractivity contribution in [1.82, 2.24) is 21.0 Å². The van der Waals surface area contributed by atoms with E-state index in [2.05, 4.69) is 34.6 Å². The first-order valence-corrected chi connectivity index (χ1v) is 8.76. The van der Waals surface area contributed by atoms with Gasteiger partial charge in [-0.05, 0) is 42.3 Å². The van der Waals surface area contributed by atoms with Gasteiger partial charge in [-0.15, -0.1) is 0 Å². The van der Waals surface area contributed by atoms with Crippen LogP contribution in [0.5, 0.6) is 5.75 Å². The second kappa shape index (κ2) is 8.71. The summed E-state index contributed by atoms with van der Waals surface area (Å²) in [6.07, 6.45) is 0.963. The van der Waals surface area contributed by atoms with Gasteiger partial charge in [0.25, 0.3) is 5.91 Å². The number of aromatic amines is 1. The molecular weight excluding hydrogens is 340 g/mol. The number of carbonyl (C=O) groups excluding carboxylic acids is 1. The number of amides is 1. The van der Waals surface area contributed by atoms with Crippen LogP contribution >= 0.6 is 0 Å². The zero-order chi connectivity index (χ0) is 19.1. The Labute approximate surface area is 158 Å². The lowest BCUT2D eigenvalue weighted by Gasteiger charge is -2.10. The molecule has 1 amide bonds. The number of carbonyl (C=O) groups is 1. The molecule has 0 aliphatic carbocycles. The van der Waals surface area contributed by atoms with Gasteiger partial charge in [0, 0.05) is 5.56 Å². The van der Waals surface area contributed by atoms with Crippen LogP contribution in [0.2, 0.25) is 0 Å². The summed E-state index contributed by atoms with van der Waals surface area (Å²) in [5, 5.41) is 6.96. The molecule has 1 aromatic heterocycles. The van der Waals surface area contributed by atoms with Crippen LogP contribution in [0.3, 0.4) is 0 Å². The highest BCUT2D eigenvalue weighted by molar-refractivity contribution is 5.93. The largest absolute Gasteiger partial charge is 0.494 e. The van der Waals surface area contributed by atoms with Crippen molar-refractivity contribution in [2.45, 2.75) is 13.3 Å². The number of rotatable bonds is 8. The van der Waals surface area contributed by atoms with Crippen molar-refractivity contribution in [1.29, 1.82) is 0 Å². The molecule has 0 spiro atoms. The molecule has 0 unspecified atom stereocenters. The monoisotopic (exact) mass is 362 g/mol. The lowest BCUT2D eigenvalue weighted by Crippen LogP contribution is -2.36. The predicted molar refractivity (Wildman–Crippen MR) is 106 cm³/mol. The molecular formula is C21H22N4O2. The Kier molecular flexibility index (Phi) is 5.89. The fourth-order valence-corrected chi connectivity index (χ4v) is 2.44. The molecule has 0 aliphatic heterocycles. The molecule has 27 heavy (non-hydrogen) atoms. The minimum Gasteiger partial charge on any atom is -0.494 e. The van der Waals surface area contributed by atoms with Crippen LogP contribution in [0.4, 0.5) is 0 Å². The van der Waals surface area contributed by atoms with Gasteiger partial charge < -0.3 is 4.74 Å². The molecule has 6 heteroatoms. The zero-order valence-electron chi connectivity index (χ0n) is 15.2. The standard InChI is InChI=1S/C21H22N4O2/c1-3-13-27-18-11-9-17(10-12-18)19-14-20(24-23-19)21(26)25-22-15(2)16-7-5-4-6-8-16/h4-12,14,22H,2-3,13H2,1H3,(H,23,24)(H,25,26). The number of nitrogens with one attached hydrogen (secondary N) is 3. The molecule has 3 aromatic rings. The minimum atomic E-state index is -0.325. The van der Waals surface area contributed by atoms with Gasteiger partial charge in [-0.1, -0.05) is 43.8 Å². The molecule has 3 rings (SSSR count). The summed E-state index contributed by atoms with van der Waals surface area (Å²) < 4.78 is 5.57. The Morgan fingerprint density at radius 3 is 2.56 bits per heavy atom. The molecule has 3 N–H and O–H groups in total. The first-order valence-electron chi connectivity index (χ1n) is 8.76. The molecule has 0 aliphatic rings. The fraction of sp³-hybridized carbons (Fsp3) is 0.143. The number of hydrogen-bond acceptors (Lipinski definition) is 4. The maximum Gasteiger partial charge on any atom is 0.287 e. The van der Waals surface area contributed by atoms with Gasteiger partial charge >= 0.3 is 0 Å². The normalized spacial score (nSPS) is 10.3. The lowest BCUT2D eigenvalue weighted by atomic mass is 10.1. The van der Waals surface area contributed by atoms with Crippen molar-refractivity contribution in [3.05, 3.63) is 78.5 Å². The Balaban J connectivity index is 1.59. The topological polar surface area (TPSA) is 79.0 Å². The second-order valence-electron chi connectivity index (χ2n) is 5.96. The molecule has 2 aromatic carbocycles. The van der Waals surface area contributed by atoms with E-state index in [0.29, 0.717) is 23.7 Å². The molecule has 6 nitrogen and oxygen atoms in total. The first kappa shape index (κ1) is 18.3. The van der Waals surface area contributed by atoms with Crippen molar-refractivity contribution < 1.29 is 9.53 Å². The van der Waals surface area contributed by atoms with Crippen LogP contribution in [0, 0.1) is 0 Å². The van der Waals surface area contributed by atoms with Gasteiger partial charge in [0.2, 0.25) is 0 Å². The second-order valence-corrected chi connectivity index (χ2v) is 5.96. The molecule has 0 saturated carbocycles. The molecule has 138 valence electrons. The van der Waals surface area contributed by atoms with Gasteiger partial charge in [-0.3, -0.25) is 20.7 Å². The highest BCUT2D eigenvalue weighted by atomic mass is 16.5. The number of hydrogen-bond donors (Lipinski definition) is 3. The van der Waals surface area contributed by atoms with E-state index in [9.17, 15) is 4.79 Å². The van der Waals surface area contributed by atoms with Gasteiger partial charge in [-0.2, -0.15) is 5.10 Å². The van der Waals surface area contributed by atoms with E-state index < -0.39 is 0 Å². The van der Waals surface area contributed by atoms with E-state index in [4.69, 9.17) is 4.74 Å². The van der Waals surface area contributed by atoms with E-state index in [-0.39, 0.29) is 5.91 Å². The van der Waals surface area contributed by atoms with Crippen molar-refractivity contribution >= 4 is 11.6 Å². The number of H-pyrrole nitrogens is 1. The fourth-order valence-electron chi connectivity index (χ4n) is 2.44. The van der Waals surface area contributed by atoms with E-state index in [0.717, 1.165) is 23.3 Å². The van der Waals surface area contributed by atoms with Crippen LogP contribution in [0.25, 0.3) is 17.0 Å². The minimum absolute atomic E-state index is 0.325. The highest BCUT2D eigenvalue weighted by Crippen LogP contribution is 2.21. The van der Waals surface area contributed by atoms with Crippen molar-refractivity contribution in [3.8, 4) is 17.0 Å². The van der Waals surface area contributed by atoms with Gasteiger partial charge in [0.1, 0.15) is 11.4 Å². The molecule has 0 saturated heterocycles. The van der Waals surface area contributed by atoms with E-state index >= 15 is 0 Å². The van der Waals surface area contributed by atoms with Gasteiger partial charge in [0.15, 0.2) is 0 Å². The van der Waals surface area contributed by atoms with Crippen LogP contribution in [0.1, 0.15) is 29.4 Å². The van der Waals surface area contributed by atoms with Gasteiger partial charge in [0.05, 0.1) is 18.0 Å². The quantitative estimate of drug-likeness (QED) is 0.533. The Hall–Kier alpha value is -3.54. The maximum atomic E-state index is 12.3. The Morgan fingerprint density at radius 1 is 1.11 bits per heavy atom. The average Bonchev–Trinajstić information content (AvgIpc) is 3.21. The summed E-state index contributed by atoms with van der Waals surface area (Å²) >= 11 is 0. The number of nitrogens with zero attached hydrogens (tertiary/aromatic N) is 1. The first-order chi connectivity index (χ1) is 13.2. The summed E-state index contributed by atoms with van der Waals surface area (Å²) in [5.41, 5.74) is 8.86. The van der Waals surface area contributed by atoms with Gasteiger partial charge in [-0.25, -0.2) is 0 Å². The summed E-state index contributed by atoms with van der Waals surface area (Å²) in [6.45, 7) is 6.66. The molecule has 0 atom stereocenters. The van der Waals surface area contributed by atoms with Crippen molar-refractivity contribution in [3.63, 3.8) is 0 Å². The SMILES string of the molecule is C=C(NNC(=O)c1cc(-c2ccc(OCCC)cc2)n[nH]1)c1ccccc1. The zero-order valence-corrected chi connectivity index (χ0v) is 15.2. The predicted octanol–water partition coefficient (Wildman–Crippen LogP) is 3.77. The van der Waals surface area contributed by atoms with E-state index in [1.807, 2.05) is 54.6 Å². The number of hydrazine groups is 1. The van der Waals surface area contributed by atoms with Crippen LogP contribution < -0.4 is 15.6 Å². The maximum absolute atomic E-state index is 12.3. The molecule has 1 heterocycles. The summed E-state index contributed by atoms with van der Waals surface area (Å²) in [6, 6.07) is 18.9. The van der Waals surface area contributed by atoms with Crippen molar-refractivity contribution in [2.75, 3.05) is 6.61 Å². The molecule has 0 radical (unpaired) electrons. The van der Waals surface area contributed by atoms with Crippen LogP contribution in [0.15, 0.2) is 67.2 Å². The average molecular weight is 362 g/mol. The molecule has 0 fully saturated rings. The summed E-state index contributed by atoms with van der Waals surface area (Å²) in [4.78, 5) is 12.3. The number of aromatic nitrogens is 2. The third-order valence-corrected chi connectivity index (χ3v) is 3.89. The van der Waals surface area contributed by atoms with Crippen molar-refractivity contribution in [2.24, 2.45) is 0 Å². The third kappa shape index (κ3) is 4.76. The van der Waals surface area contributed by atoms with E-state index in [1.165, 1.54) is 0 Å². The Morgan fingerprint density at radius 2 is 1.85 bits per heavy atom. The number of benzene rings is 2. The third-order valence-electron chi connectivity index (χ3n) is 3.89. The molecule has 0 bridgehead atoms.